The van der Waals surface area contributed by atoms with Gasteiger partial charge in [-0.05, 0) is 17.7 Å². The van der Waals surface area contributed by atoms with Gasteiger partial charge in [-0.2, -0.15) is 3.45 Å². The van der Waals surface area contributed by atoms with E-state index in [0.29, 0.717) is 5.92 Å². The summed E-state index contributed by atoms with van der Waals surface area (Å²) in [4.78, 5) is 14.2. The maximum atomic E-state index is 8.70. The van der Waals surface area contributed by atoms with Crippen LogP contribution >= 0.6 is 36.2 Å². The molecule has 0 aromatic heterocycles. The summed E-state index contributed by atoms with van der Waals surface area (Å²) >= 11 is 8.50. The van der Waals surface area contributed by atoms with Gasteiger partial charge in [0.25, 0.3) is 0 Å². The fraction of sp³-hybridized carbons (Fsp3) is 1.00. The lowest BCUT2D eigenvalue weighted by Gasteiger charge is -2.05. The molecule has 0 rings (SSSR count). The summed E-state index contributed by atoms with van der Waals surface area (Å²) in [5.74, 6) is 0.622. The van der Waals surface area contributed by atoms with Crippen LogP contribution in [0, 0.1) is 5.92 Å². The molecule has 7 heteroatoms. The van der Waals surface area contributed by atoms with E-state index in [-0.39, 0.29) is 0 Å². The van der Waals surface area contributed by atoms with Crippen LogP contribution in [0.4, 0.5) is 0 Å². The summed E-state index contributed by atoms with van der Waals surface area (Å²) < 4.78 is 10.2. The van der Waals surface area contributed by atoms with E-state index in [4.69, 9.17) is 26.1 Å². The Morgan fingerprint density at radius 2 is 1.91 bits per heavy atom. The van der Waals surface area contributed by atoms with E-state index < -0.39 is 8.25 Å². The van der Waals surface area contributed by atoms with Crippen molar-refractivity contribution in [1.29, 1.82) is 0 Å². The molecule has 2 N–H and O–H groups in total. The summed E-state index contributed by atoms with van der Waals surface area (Å²) in [6.45, 7) is 5.09. The zero-order valence-electron chi connectivity index (χ0n) is 6.24. The predicted octanol–water partition coefficient (Wildman–Crippen LogP) is 2.04. The molecule has 0 fully saturated rings. The lowest BCUT2D eigenvalue weighted by molar-refractivity contribution is 0.405. The molecule has 0 aliphatic heterocycles. The van der Waals surface area contributed by atoms with Crippen LogP contribution in [0.2, 0.25) is 0 Å². The highest BCUT2D eigenvalue weighted by Gasteiger charge is 1.96. The van der Waals surface area contributed by atoms with Crippen molar-refractivity contribution in [2.24, 2.45) is 5.92 Å². The monoisotopic (exact) mass is 266 g/mol. The van der Waals surface area contributed by atoms with E-state index in [9.17, 15) is 0 Å². The largest absolute Gasteiger partial charge is 0.692 e. The highest BCUT2D eigenvalue weighted by atomic mass is 79.9. The third-order valence-corrected chi connectivity index (χ3v) is 0.931. The smallest absolute Gasteiger partial charge is 0.155 e. The summed E-state index contributed by atoms with van der Waals surface area (Å²) in [6.07, 6.45) is 0. The Hall–Kier alpha value is 0.750. The standard InChI is InChI=1S/C4H9BrClN.HO3P/c1-4(2)3-7(5)6;1-4(2)3/h4H,3H2,1-2H3;(H-,1,2,3)/p+1. The lowest BCUT2D eigenvalue weighted by Crippen LogP contribution is -2.05. The fourth-order valence-electron chi connectivity index (χ4n) is 0.276. The molecule has 0 unspecified atom stereocenters. The van der Waals surface area contributed by atoms with Crippen molar-refractivity contribution in [3.63, 3.8) is 0 Å². The first kappa shape index (κ1) is 14.3. The van der Waals surface area contributed by atoms with E-state index in [2.05, 4.69) is 30.0 Å². The van der Waals surface area contributed by atoms with Gasteiger partial charge in [-0.15, -0.1) is 9.79 Å². The Morgan fingerprint density at radius 3 is 1.91 bits per heavy atom. The Labute approximate surface area is 80.6 Å². The molecule has 0 saturated heterocycles. The zero-order valence-corrected chi connectivity index (χ0v) is 9.47. The van der Waals surface area contributed by atoms with Crippen LogP contribution in [-0.2, 0) is 4.57 Å². The molecule has 0 aliphatic rings. The predicted molar refractivity (Wildman–Crippen MR) is 48.4 cm³/mol. The summed E-state index contributed by atoms with van der Waals surface area (Å²) in [6, 6.07) is 0. The van der Waals surface area contributed by atoms with Crippen molar-refractivity contribution < 1.29 is 14.4 Å². The molecule has 0 saturated carbocycles. The second-order valence-corrected chi connectivity index (χ2v) is 4.31. The van der Waals surface area contributed by atoms with E-state index in [1.165, 1.54) is 3.45 Å². The number of rotatable bonds is 2. The molecule has 0 aromatic carbocycles. The first-order valence-electron chi connectivity index (χ1n) is 2.80. The molecule has 68 valence electrons. The second-order valence-electron chi connectivity index (χ2n) is 2.13. The molecule has 4 nitrogen and oxygen atoms in total. The minimum absolute atomic E-state index is 0.622. The quantitative estimate of drug-likeness (QED) is 0.594. The molecule has 11 heavy (non-hydrogen) atoms. The van der Waals surface area contributed by atoms with Gasteiger partial charge in [-0.1, -0.05) is 13.8 Å². The van der Waals surface area contributed by atoms with Crippen molar-refractivity contribution in [2.75, 3.05) is 6.54 Å². The Balaban J connectivity index is 0. The first-order chi connectivity index (χ1) is 4.86. The van der Waals surface area contributed by atoms with Gasteiger partial charge >= 0.3 is 8.25 Å². The maximum Gasteiger partial charge on any atom is 0.692 e. The summed E-state index contributed by atoms with van der Waals surface area (Å²) in [5.41, 5.74) is 0. The van der Waals surface area contributed by atoms with Gasteiger partial charge in [0.15, 0.2) is 0 Å². The van der Waals surface area contributed by atoms with Gasteiger partial charge in [0, 0.05) is 27.3 Å². The summed E-state index contributed by atoms with van der Waals surface area (Å²) in [7, 11) is -2.87. The van der Waals surface area contributed by atoms with E-state index in [0.717, 1.165) is 6.54 Å². The van der Waals surface area contributed by atoms with Gasteiger partial charge in [-0.25, -0.2) is 0 Å². The molecule has 0 aliphatic carbocycles. The van der Waals surface area contributed by atoms with Crippen molar-refractivity contribution >= 4 is 36.2 Å². The Bertz CT molecular complexity index is 104. The average molecular weight is 267 g/mol. The van der Waals surface area contributed by atoms with Crippen LogP contribution in [0.5, 0.6) is 0 Å². The Kier molecular flexibility index (Phi) is 11.5. The molecule has 0 bridgehead atoms. The number of hydrogen-bond acceptors (Lipinski definition) is 2. The first-order valence-corrected chi connectivity index (χ1v) is 5.01. The third-order valence-electron chi connectivity index (χ3n) is 0.503. The van der Waals surface area contributed by atoms with Crippen LogP contribution in [0.25, 0.3) is 0 Å². The van der Waals surface area contributed by atoms with Crippen LogP contribution < -0.4 is 0 Å². The topological polar surface area (TPSA) is 60.8 Å². The molecular weight excluding hydrogens is 256 g/mol. The summed E-state index contributed by atoms with van der Waals surface area (Å²) in [5, 5.41) is 0. The van der Waals surface area contributed by atoms with Crippen molar-refractivity contribution in [3.8, 4) is 0 Å². The number of nitrogens with zero attached hydrogens (tertiary/aromatic N) is 1. The second kappa shape index (κ2) is 8.84. The van der Waals surface area contributed by atoms with Crippen LogP contribution in [0.1, 0.15) is 13.8 Å². The highest BCUT2D eigenvalue weighted by molar-refractivity contribution is 9.08. The molecule has 0 spiro atoms. The van der Waals surface area contributed by atoms with Gasteiger partial charge in [0.2, 0.25) is 0 Å². The molecule has 0 heterocycles. The maximum absolute atomic E-state index is 8.70. The SMILES string of the molecule is CC(C)CN(Cl)Br.O=[P+](O)O. The van der Waals surface area contributed by atoms with E-state index >= 15 is 0 Å². The van der Waals surface area contributed by atoms with Gasteiger partial charge in [0.1, 0.15) is 0 Å². The average Bonchev–Trinajstić information content (AvgIpc) is 1.56. The molecule has 0 radical (unpaired) electrons. The number of hydrogen-bond donors (Lipinski definition) is 2. The van der Waals surface area contributed by atoms with Crippen molar-refractivity contribution in [1.82, 2.24) is 3.45 Å². The molecule has 0 aromatic rings. The van der Waals surface area contributed by atoms with Crippen molar-refractivity contribution in [2.45, 2.75) is 13.8 Å². The highest BCUT2D eigenvalue weighted by Crippen LogP contribution is 2.05. The third kappa shape index (κ3) is 36.5. The molecule has 0 amide bonds. The lowest BCUT2D eigenvalue weighted by atomic mass is 10.2. The molecule has 0 atom stereocenters. The normalized spacial score (nSPS) is 9.45. The molecular formula is C4H11BrClNO3P+. The van der Waals surface area contributed by atoms with E-state index in [1.54, 1.807) is 0 Å². The zero-order chi connectivity index (χ0) is 9.44. The van der Waals surface area contributed by atoms with Crippen molar-refractivity contribution in [3.05, 3.63) is 0 Å². The van der Waals surface area contributed by atoms with Crippen LogP contribution in [-0.4, -0.2) is 19.8 Å². The minimum Gasteiger partial charge on any atom is -0.155 e. The van der Waals surface area contributed by atoms with E-state index in [1.807, 2.05) is 0 Å². The fourth-order valence-corrected chi connectivity index (χ4v) is 1.13. The van der Waals surface area contributed by atoms with Gasteiger partial charge in [-0.3, -0.25) is 0 Å². The van der Waals surface area contributed by atoms with Crippen LogP contribution in [0.15, 0.2) is 0 Å². The Morgan fingerprint density at radius 1 is 1.64 bits per heavy atom. The van der Waals surface area contributed by atoms with Crippen LogP contribution in [0.3, 0.4) is 0 Å². The number of halogens is 2. The minimum atomic E-state index is -2.87. The van der Waals surface area contributed by atoms with Gasteiger partial charge in [0.05, 0.1) is 0 Å². The van der Waals surface area contributed by atoms with Gasteiger partial charge < -0.3 is 0 Å².